The lowest BCUT2D eigenvalue weighted by molar-refractivity contribution is -0.124. The molecule has 1 rings (SSSR count). The van der Waals surface area contributed by atoms with E-state index in [1.807, 2.05) is 13.8 Å². The summed E-state index contributed by atoms with van der Waals surface area (Å²) in [5, 5.41) is 0. The van der Waals surface area contributed by atoms with Crippen LogP contribution in [-0.4, -0.2) is 18.4 Å². The SMILES string of the molecule is Cc1cc(C(=O)NOCC(N)=O)c(C)s1. The fourth-order valence-electron chi connectivity index (χ4n) is 1.08. The largest absolute Gasteiger partial charge is 0.368 e. The van der Waals surface area contributed by atoms with Crippen LogP contribution in [0.2, 0.25) is 0 Å². The zero-order valence-corrected chi connectivity index (χ0v) is 9.31. The maximum absolute atomic E-state index is 11.5. The van der Waals surface area contributed by atoms with Crippen LogP contribution in [0.25, 0.3) is 0 Å². The highest BCUT2D eigenvalue weighted by molar-refractivity contribution is 7.12. The first-order valence-corrected chi connectivity index (χ1v) is 5.10. The van der Waals surface area contributed by atoms with E-state index in [2.05, 4.69) is 10.3 Å². The number of primary amides is 1. The average molecular weight is 228 g/mol. The minimum Gasteiger partial charge on any atom is -0.368 e. The molecule has 0 aliphatic rings. The Labute approximate surface area is 91.2 Å². The fourth-order valence-corrected chi connectivity index (χ4v) is 2.01. The van der Waals surface area contributed by atoms with Crippen LogP contribution in [0.15, 0.2) is 6.07 Å². The molecule has 3 N–H and O–H groups in total. The van der Waals surface area contributed by atoms with Crippen molar-refractivity contribution in [2.45, 2.75) is 13.8 Å². The summed E-state index contributed by atoms with van der Waals surface area (Å²) in [5.74, 6) is -0.994. The molecule has 0 atom stereocenters. The molecule has 0 unspecified atom stereocenters. The van der Waals surface area contributed by atoms with Gasteiger partial charge in [-0.15, -0.1) is 11.3 Å². The third-order valence-corrected chi connectivity index (χ3v) is 2.63. The van der Waals surface area contributed by atoms with Crippen LogP contribution in [0, 0.1) is 13.8 Å². The van der Waals surface area contributed by atoms with E-state index in [0.29, 0.717) is 5.56 Å². The third kappa shape index (κ3) is 3.34. The number of carbonyl (C=O) groups is 2. The van der Waals surface area contributed by atoms with Gasteiger partial charge < -0.3 is 5.73 Å². The Morgan fingerprint density at radius 3 is 2.67 bits per heavy atom. The molecule has 0 spiro atoms. The third-order valence-electron chi connectivity index (χ3n) is 1.66. The fraction of sp³-hybridized carbons (Fsp3) is 0.333. The van der Waals surface area contributed by atoms with E-state index < -0.39 is 5.91 Å². The molecule has 0 aromatic carbocycles. The van der Waals surface area contributed by atoms with E-state index in [9.17, 15) is 9.59 Å². The molecule has 0 aliphatic carbocycles. The van der Waals surface area contributed by atoms with E-state index in [1.54, 1.807) is 6.07 Å². The van der Waals surface area contributed by atoms with Crippen molar-refractivity contribution in [2.75, 3.05) is 6.61 Å². The van der Waals surface area contributed by atoms with Crippen LogP contribution < -0.4 is 11.2 Å². The molecule has 0 aliphatic heterocycles. The van der Waals surface area contributed by atoms with Gasteiger partial charge in [-0.05, 0) is 19.9 Å². The summed E-state index contributed by atoms with van der Waals surface area (Å²) in [4.78, 5) is 28.4. The highest BCUT2D eigenvalue weighted by Gasteiger charge is 2.11. The Morgan fingerprint density at radius 2 is 2.20 bits per heavy atom. The van der Waals surface area contributed by atoms with Crippen LogP contribution in [-0.2, 0) is 9.63 Å². The number of amides is 2. The monoisotopic (exact) mass is 228 g/mol. The minimum atomic E-state index is -0.631. The van der Waals surface area contributed by atoms with E-state index in [4.69, 9.17) is 5.73 Å². The second kappa shape index (κ2) is 4.90. The van der Waals surface area contributed by atoms with Crippen molar-refractivity contribution < 1.29 is 14.4 Å². The van der Waals surface area contributed by atoms with Crippen LogP contribution in [0.5, 0.6) is 0 Å². The number of carbonyl (C=O) groups excluding carboxylic acids is 2. The molecule has 1 aromatic heterocycles. The van der Waals surface area contributed by atoms with Gasteiger partial charge in [-0.3, -0.25) is 14.4 Å². The molecule has 1 heterocycles. The normalized spacial score (nSPS) is 10.0. The number of nitrogens with two attached hydrogens (primary N) is 1. The number of aryl methyl sites for hydroxylation is 2. The number of hydrogen-bond donors (Lipinski definition) is 2. The maximum Gasteiger partial charge on any atom is 0.275 e. The summed E-state index contributed by atoms with van der Waals surface area (Å²) in [6.45, 7) is 3.44. The second-order valence-corrected chi connectivity index (χ2v) is 4.47. The van der Waals surface area contributed by atoms with Gasteiger partial charge in [-0.2, -0.15) is 0 Å². The van der Waals surface area contributed by atoms with E-state index >= 15 is 0 Å². The summed E-state index contributed by atoms with van der Waals surface area (Å²) in [7, 11) is 0. The van der Waals surface area contributed by atoms with Gasteiger partial charge in [-0.25, -0.2) is 5.48 Å². The first-order valence-electron chi connectivity index (χ1n) is 4.28. The van der Waals surface area contributed by atoms with Crippen molar-refractivity contribution in [3.63, 3.8) is 0 Å². The van der Waals surface area contributed by atoms with Gasteiger partial charge >= 0.3 is 0 Å². The molecule has 0 radical (unpaired) electrons. The van der Waals surface area contributed by atoms with Gasteiger partial charge in [0.1, 0.15) is 0 Å². The molecule has 0 bridgehead atoms. The smallest absolute Gasteiger partial charge is 0.275 e. The molecule has 5 nitrogen and oxygen atoms in total. The predicted molar refractivity (Wildman–Crippen MR) is 56.4 cm³/mol. The molecule has 15 heavy (non-hydrogen) atoms. The summed E-state index contributed by atoms with van der Waals surface area (Å²) in [6.07, 6.45) is 0. The van der Waals surface area contributed by atoms with Gasteiger partial charge in [0.05, 0.1) is 5.56 Å². The van der Waals surface area contributed by atoms with Crippen molar-refractivity contribution >= 4 is 23.2 Å². The zero-order chi connectivity index (χ0) is 11.4. The molecular weight excluding hydrogens is 216 g/mol. The van der Waals surface area contributed by atoms with Gasteiger partial charge in [0.15, 0.2) is 6.61 Å². The average Bonchev–Trinajstić information content (AvgIpc) is 2.44. The van der Waals surface area contributed by atoms with E-state index in [1.165, 1.54) is 11.3 Å². The van der Waals surface area contributed by atoms with E-state index in [-0.39, 0.29) is 12.5 Å². The second-order valence-electron chi connectivity index (χ2n) is 3.01. The van der Waals surface area contributed by atoms with Crippen molar-refractivity contribution in [1.82, 2.24) is 5.48 Å². The van der Waals surface area contributed by atoms with Gasteiger partial charge in [-0.1, -0.05) is 0 Å². The van der Waals surface area contributed by atoms with Crippen molar-refractivity contribution in [2.24, 2.45) is 5.73 Å². The molecule has 82 valence electrons. The molecule has 0 fully saturated rings. The Hall–Kier alpha value is -1.40. The van der Waals surface area contributed by atoms with Gasteiger partial charge in [0, 0.05) is 9.75 Å². The molecule has 0 saturated heterocycles. The van der Waals surface area contributed by atoms with Crippen LogP contribution in [0.3, 0.4) is 0 Å². The lowest BCUT2D eigenvalue weighted by atomic mass is 10.2. The summed E-state index contributed by atoms with van der Waals surface area (Å²) >= 11 is 1.53. The van der Waals surface area contributed by atoms with Crippen LogP contribution in [0.1, 0.15) is 20.1 Å². The zero-order valence-electron chi connectivity index (χ0n) is 8.49. The number of thiophene rings is 1. The first-order chi connectivity index (χ1) is 7.00. The lowest BCUT2D eigenvalue weighted by Crippen LogP contribution is -2.29. The van der Waals surface area contributed by atoms with Crippen molar-refractivity contribution in [3.05, 3.63) is 21.4 Å². The van der Waals surface area contributed by atoms with Gasteiger partial charge in [0.2, 0.25) is 5.91 Å². The van der Waals surface area contributed by atoms with Crippen molar-refractivity contribution in [3.8, 4) is 0 Å². The summed E-state index contributed by atoms with van der Waals surface area (Å²) in [5.41, 5.74) is 7.55. The molecule has 1 aromatic rings. The van der Waals surface area contributed by atoms with Crippen LogP contribution in [0.4, 0.5) is 0 Å². The van der Waals surface area contributed by atoms with Crippen molar-refractivity contribution in [1.29, 1.82) is 0 Å². The highest BCUT2D eigenvalue weighted by Crippen LogP contribution is 2.20. The Balaban J connectivity index is 2.54. The maximum atomic E-state index is 11.5. The summed E-state index contributed by atoms with van der Waals surface area (Å²) in [6, 6.07) is 1.77. The number of rotatable bonds is 4. The van der Waals surface area contributed by atoms with Crippen LogP contribution >= 0.6 is 11.3 Å². The number of hydrogen-bond acceptors (Lipinski definition) is 4. The first kappa shape index (κ1) is 11.7. The Morgan fingerprint density at radius 1 is 1.53 bits per heavy atom. The molecule has 2 amide bonds. The predicted octanol–water partition coefficient (Wildman–Crippen LogP) is 0.512. The van der Waals surface area contributed by atoms with E-state index in [0.717, 1.165) is 9.75 Å². The Kier molecular flexibility index (Phi) is 3.81. The number of nitrogens with one attached hydrogen (secondary N) is 1. The summed E-state index contributed by atoms with van der Waals surface area (Å²) < 4.78 is 0. The lowest BCUT2D eigenvalue weighted by Gasteiger charge is -2.02. The molecular formula is C9H12N2O3S. The highest BCUT2D eigenvalue weighted by atomic mass is 32.1. The topological polar surface area (TPSA) is 81.4 Å². The number of hydroxylamine groups is 1. The molecule has 0 saturated carbocycles. The standard InChI is InChI=1S/C9H12N2O3S/c1-5-3-7(6(2)15-5)9(13)11-14-4-8(10)12/h3H,4H2,1-2H3,(H2,10,12)(H,11,13). The minimum absolute atomic E-state index is 0.325. The quantitative estimate of drug-likeness (QED) is 0.737. The molecule has 6 heteroatoms. The Bertz CT molecular complexity index is 387. The van der Waals surface area contributed by atoms with Gasteiger partial charge in [0.25, 0.3) is 5.91 Å².